The average molecular weight is 480 g/mol. The summed E-state index contributed by atoms with van der Waals surface area (Å²) in [7, 11) is 0. The van der Waals surface area contributed by atoms with Crippen molar-refractivity contribution in [1.82, 2.24) is 25.4 Å². The summed E-state index contributed by atoms with van der Waals surface area (Å²) in [5.41, 5.74) is 2.68. The fraction of sp³-hybridized carbons (Fsp3) is 0.107. The normalized spacial score (nSPS) is 11.3. The summed E-state index contributed by atoms with van der Waals surface area (Å²) in [6.45, 7) is 3.69. The van der Waals surface area contributed by atoms with Crippen LogP contribution in [0.25, 0.3) is 17.1 Å². The number of hydrogen-bond donors (Lipinski definition) is 2. The molecule has 0 saturated heterocycles. The van der Waals surface area contributed by atoms with Gasteiger partial charge in [0.1, 0.15) is 6.04 Å². The van der Waals surface area contributed by atoms with Crippen LogP contribution in [-0.2, 0) is 16.0 Å². The van der Waals surface area contributed by atoms with Gasteiger partial charge < -0.3 is 10.6 Å². The minimum atomic E-state index is -1.07. The number of rotatable bonds is 10. The molecule has 0 aliphatic heterocycles. The molecule has 0 spiro atoms. The van der Waals surface area contributed by atoms with Gasteiger partial charge in [-0.05, 0) is 23.8 Å². The van der Waals surface area contributed by atoms with Crippen molar-refractivity contribution in [2.75, 3.05) is 6.54 Å². The number of ketones is 1. The van der Waals surface area contributed by atoms with Gasteiger partial charge in [0.15, 0.2) is 5.82 Å². The Kier molecular flexibility index (Phi) is 7.77. The molecular formula is C28H25N5O3. The van der Waals surface area contributed by atoms with Crippen LogP contribution in [0.4, 0.5) is 0 Å². The quantitative estimate of drug-likeness (QED) is 0.269. The van der Waals surface area contributed by atoms with Crippen LogP contribution >= 0.6 is 0 Å². The Morgan fingerprint density at radius 1 is 0.944 bits per heavy atom. The number of pyridine rings is 1. The van der Waals surface area contributed by atoms with Crippen LogP contribution in [0.5, 0.6) is 0 Å². The summed E-state index contributed by atoms with van der Waals surface area (Å²) < 4.78 is 1.52. The van der Waals surface area contributed by atoms with Gasteiger partial charge in [0.2, 0.25) is 5.78 Å². The molecule has 0 bridgehead atoms. The smallest absolute Gasteiger partial charge is 0.289 e. The second-order valence-corrected chi connectivity index (χ2v) is 7.96. The van der Waals surface area contributed by atoms with Crippen LogP contribution in [0.15, 0.2) is 104 Å². The maximum Gasteiger partial charge on any atom is 0.289 e. The molecule has 0 fully saturated rings. The van der Waals surface area contributed by atoms with Crippen LogP contribution in [-0.4, -0.2) is 44.9 Å². The minimum absolute atomic E-state index is 0.145. The van der Waals surface area contributed by atoms with Crippen molar-refractivity contribution >= 4 is 17.6 Å². The van der Waals surface area contributed by atoms with Crippen molar-refractivity contribution in [3.63, 3.8) is 0 Å². The third-order valence-corrected chi connectivity index (χ3v) is 5.44. The summed E-state index contributed by atoms with van der Waals surface area (Å²) in [6, 6.07) is 22.8. The van der Waals surface area contributed by atoms with Crippen molar-refractivity contribution in [2.45, 2.75) is 12.5 Å². The summed E-state index contributed by atoms with van der Waals surface area (Å²) in [5.74, 6) is -1.77. The lowest BCUT2D eigenvalue weighted by molar-refractivity contribution is -0.138. The fourth-order valence-electron chi connectivity index (χ4n) is 3.67. The first-order chi connectivity index (χ1) is 17.6. The minimum Gasteiger partial charge on any atom is -0.346 e. The Hall–Kier alpha value is -4.85. The third-order valence-electron chi connectivity index (χ3n) is 5.44. The molecule has 8 heteroatoms. The highest BCUT2D eigenvalue weighted by Crippen LogP contribution is 2.19. The van der Waals surface area contributed by atoms with Crippen molar-refractivity contribution < 1.29 is 14.4 Å². The van der Waals surface area contributed by atoms with Crippen LogP contribution in [0.3, 0.4) is 0 Å². The molecule has 180 valence electrons. The Morgan fingerprint density at radius 2 is 1.67 bits per heavy atom. The van der Waals surface area contributed by atoms with E-state index in [0.717, 1.165) is 16.8 Å². The first kappa shape index (κ1) is 24.3. The average Bonchev–Trinajstić information content (AvgIpc) is 3.42. The van der Waals surface area contributed by atoms with Gasteiger partial charge in [-0.1, -0.05) is 66.7 Å². The van der Waals surface area contributed by atoms with Gasteiger partial charge in [-0.25, -0.2) is 9.67 Å². The SMILES string of the molecule is C=CCNC(=O)C(=O)C(Cc1ccccc1)NC(=O)c1cccnc1-n1ccc(-c2ccccc2)n1. The monoisotopic (exact) mass is 479 g/mol. The number of carbonyl (C=O) groups is 3. The van der Waals surface area contributed by atoms with E-state index in [1.54, 1.807) is 24.5 Å². The van der Waals surface area contributed by atoms with Crippen LogP contribution in [0.2, 0.25) is 0 Å². The predicted molar refractivity (Wildman–Crippen MR) is 136 cm³/mol. The summed E-state index contributed by atoms with van der Waals surface area (Å²) in [6.07, 6.45) is 4.91. The fourth-order valence-corrected chi connectivity index (χ4v) is 3.67. The van der Waals surface area contributed by atoms with Gasteiger partial charge >= 0.3 is 0 Å². The molecule has 2 heterocycles. The standard InChI is InChI=1S/C28H25N5O3/c1-2-16-30-28(36)25(34)24(19-20-10-5-3-6-11-20)31-27(35)22-14-9-17-29-26(22)33-18-15-23(32-33)21-12-7-4-8-13-21/h2-15,17-18,24H,1,16,19H2,(H,30,36)(H,31,35). The Morgan fingerprint density at radius 3 is 2.39 bits per heavy atom. The first-order valence-corrected chi connectivity index (χ1v) is 11.4. The van der Waals surface area contributed by atoms with Crippen molar-refractivity contribution in [3.8, 4) is 17.1 Å². The van der Waals surface area contributed by atoms with Gasteiger partial charge in [0.05, 0.1) is 11.3 Å². The molecule has 36 heavy (non-hydrogen) atoms. The first-order valence-electron chi connectivity index (χ1n) is 11.4. The molecule has 0 aliphatic rings. The lowest BCUT2D eigenvalue weighted by Gasteiger charge is -2.18. The van der Waals surface area contributed by atoms with Gasteiger partial charge in [-0.15, -0.1) is 6.58 Å². The van der Waals surface area contributed by atoms with Gasteiger partial charge in [0, 0.05) is 30.9 Å². The number of benzene rings is 2. The second-order valence-electron chi connectivity index (χ2n) is 7.96. The maximum atomic E-state index is 13.4. The molecule has 4 aromatic rings. The topological polar surface area (TPSA) is 106 Å². The number of hydrogen-bond acceptors (Lipinski definition) is 5. The maximum absolute atomic E-state index is 13.4. The highest BCUT2D eigenvalue weighted by molar-refractivity contribution is 6.38. The molecule has 8 nitrogen and oxygen atoms in total. The zero-order chi connectivity index (χ0) is 25.3. The van der Waals surface area contributed by atoms with E-state index in [9.17, 15) is 14.4 Å². The van der Waals surface area contributed by atoms with E-state index >= 15 is 0 Å². The Bertz CT molecular complexity index is 1370. The largest absolute Gasteiger partial charge is 0.346 e. The molecule has 0 radical (unpaired) electrons. The van der Waals surface area contributed by atoms with Gasteiger partial charge in [-0.3, -0.25) is 14.4 Å². The number of nitrogens with one attached hydrogen (secondary N) is 2. The number of aromatic nitrogens is 3. The summed E-state index contributed by atoms with van der Waals surface area (Å²) >= 11 is 0. The Labute approximate surface area is 208 Å². The molecule has 2 N–H and O–H groups in total. The molecule has 2 amide bonds. The molecule has 0 saturated carbocycles. The molecule has 1 atom stereocenters. The van der Waals surface area contributed by atoms with E-state index in [0.29, 0.717) is 5.82 Å². The third kappa shape index (κ3) is 5.79. The van der Waals surface area contributed by atoms with E-state index < -0.39 is 23.6 Å². The zero-order valence-electron chi connectivity index (χ0n) is 19.5. The molecule has 2 aromatic carbocycles. The van der Waals surface area contributed by atoms with E-state index in [1.807, 2.05) is 66.7 Å². The van der Waals surface area contributed by atoms with Gasteiger partial charge in [0.25, 0.3) is 11.8 Å². The van der Waals surface area contributed by atoms with Crippen LogP contribution in [0, 0.1) is 0 Å². The number of nitrogens with zero attached hydrogens (tertiary/aromatic N) is 3. The predicted octanol–water partition coefficient (Wildman–Crippen LogP) is 3.15. The molecule has 2 aromatic heterocycles. The summed E-state index contributed by atoms with van der Waals surface area (Å²) in [4.78, 5) is 43.1. The van der Waals surface area contributed by atoms with E-state index in [1.165, 1.54) is 10.8 Å². The van der Waals surface area contributed by atoms with Crippen LogP contribution in [0.1, 0.15) is 15.9 Å². The number of carbonyl (C=O) groups excluding carboxylic acids is 3. The van der Waals surface area contributed by atoms with Gasteiger partial charge in [-0.2, -0.15) is 5.10 Å². The lowest BCUT2D eigenvalue weighted by atomic mass is 10.0. The van der Waals surface area contributed by atoms with E-state index in [2.05, 4.69) is 27.3 Å². The zero-order valence-corrected chi connectivity index (χ0v) is 19.5. The number of Topliss-reactive ketones (excluding diaryl/α,β-unsaturated/α-hetero) is 1. The van der Waals surface area contributed by atoms with Crippen LogP contribution < -0.4 is 10.6 Å². The molecule has 1 unspecified atom stereocenters. The molecule has 0 aliphatic carbocycles. The molecule has 4 rings (SSSR count). The van der Waals surface area contributed by atoms with E-state index in [4.69, 9.17) is 0 Å². The van der Waals surface area contributed by atoms with Crippen molar-refractivity contribution in [3.05, 3.63) is 115 Å². The lowest BCUT2D eigenvalue weighted by Crippen LogP contribution is -2.48. The second kappa shape index (κ2) is 11.5. The van der Waals surface area contributed by atoms with Crippen molar-refractivity contribution in [2.24, 2.45) is 0 Å². The Balaban J connectivity index is 1.60. The highest BCUT2D eigenvalue weighted by Gasteiger charge is 2.28. The van der Waals surface area contributed by atoms with E-state index in [-0.39, 0.29) is 18.5 Å². The number of amides is 2. The summed E-state index contributed by atoms with van der Waals surface area (Å²) in [5, 5.41) is 9.79. The van der Waals surface area contributed by atoms with Crippen molar-refractivity contribution in [1.29, 1.82) is 0 Å². The highest BCUT2D eigenvalue weighted by atomic mass is 16.2. The molecular weight excluding hydrogens is 454 g/mol.